The lowest BCUT2D eigenvalue weighted by molar-refractivity contribution is 0.0945. The zero-order chi connectivity index (χ0) is 18.5. The second-order valence-electron chi connectivity index (χ2n) is 5.31. The van der Waals surface area contributed by atoms with Crippen LogP contribution in [0, 0.1) is 0 Å². The molecule has 7 nitrogen and oxygen atoms in total. The third-order valence-corrected chi connectivity index (χ3v) is 4.06. The predicted octanol–water partition coefficient (Wildman–Crippen LogP) is 3.45. The fourth-order valence-electron chi connectivity index (χ4n) is 2.27. The molecule has 0 unspecified atom stereocenters. The Bertz CT molecular complexity index is 904. The van der Waals surface area contributed by atoms with E-state index in [2.05, 4.69) is 31.4 Å². The number of halogens is 1. The number of hydrogen-bond acceptors (Lipinski definition) is 6. The number of ether oxygens (including phenoxy) is 2. The molecule has 3 rings (SSSR count). The predicted molar refractivity (Wildman–Crippen MR) is 98.2 cm³/mol. The van der Waals surface area contributed by atoms with Crippen LogP contribution in [0.25, 0.3) is 11.4 Å². The first-order valence-electron chi connectivity index (χ1n) is 7.69. The van der Waals surface area contributed by atoms with Gasteiger partial charge >= 0.3 is 0 Å². The molecule has 0 atom stereocenters. The molecule has 134 valence electrons. The van der Waals surface area contributed by atoms with Gasteiger partial charge in [-0.05, 0) is 24.3 Å². The van der Waals surface area contributed by atoms with Gasteiger partial charge in [0.15, 0.2) is 0 Å². The summed E-state index contributed by atoms with van der Waals surface area (Å²) < 4.78 is 16.4. The van der Waals surface area contributed by atoms with E-state index in [0.29, 0.717) is 28.8 Å². The molecule has 0 aliphatic rings. The molecule has 1 heterocycles. The van der Waals surface area contributed by atoms with Crippen LogP contribution < -0.4 is 14.8 Å². The molecule has 0 aliphatic heterocycles. The topological polar surface area (TPSA) is 86.5 Å². The Labute approximate surface area is 158 Å². The number of aromatic nitrogens is 2. The number of nitrogens with zero attached hydrogens (tertiary/aromatic N) is 2. The van der Waals surface area contributed by atoms with Gasteiger partial charge in [0.1, 0.15) is 11.5 Å². The monoisotopic (exact) mass is 417 g/mol. The van der Waals surface area contributed by atoms with Gasteiger partial charge in [0.25, 0.3) is 5.91 Å². The summed E-state index contributed by atoms with van der Waals surface area (Å²) in [4.78, 5) is 16.6. The van der Waals surface area contributed by atoms with Crippen LogP contribution in [0.5, 0.6) is 11.5 Å². The SMILES string of the molecule is COc1cc(OC)cc(C(=O)NCc2nc(-c3cccc(Br)c3)no2)c1. The van der Waals surface area contributed by atoms with Gasteiger partial charge in [-0.25, -0.2) is 0 Å². The molecule has 1 N–H and O–H groups in total. The molecule has 0 saturated carbocycles. The Morgan fingerprint density at radius 2 is 1.88 bits per heavy atom. The lowest BCUT2D eigenvalue weighted by Gasteiger charge is -2.08. The molecule has 0 bridgehead atoms. The minimum absolute atomic E-state index is 0.110. The summed E-state index contributed by atoms with van der Waals surface area (Å²) in [6.07, 6.45) is 0. The minimum atomic E-state index is -0.301. The number of nitrogens with one attached hydrogen (secondary N) is 1. The lowest BCUT2D eigenvalue weighted by atomic mass is 10.2. The van der Waals surface area contributed by atoms with Gasteiger partial charge < -0.3 is 19.3 Å². The number of rotatable bonds is 6. The van der Waals surface area contributed by atoms with Gasteiger partial charge in [0, 0.05) is 21.7 Å². The highest BCUT2D eigenvalue weighted by Crippen LogP contribution is 2.23. The van der Waals surface area contributed by atoms with Crippen molar-refractivity contribution < 1.29 is 18.8 Å². The summed E-state index contributed by atoms with van der Waals surface area (Å²) in [5.41, 5.74) is 1.23. The quantitative estimate of drug-likeness (QED) is 0.660. The highest BCUT2D eigenvalue weighted by molar-refractivity contribution is 9.10. The zero-order valence-corrected chi connectivity index (χ0v) is 15.7. The Balaban J connectivity index is 1.69. The summed E-state index contributed by atoms with van der Waals surface area (Å²) >= 11 is 3.40. The second-order valence-corrected chi connectivity index (χ2v) is 6.22. The van der Waals surface area contributed by atoms with Crippen LogP contribution in [0.1, 0.15) is 16.2 Å². The van der Waals surface area contributed by atoms with Gasteiger partial charge in [-0.3, -0.25) is 4.79 Å². The van der Waals surface area contributed by atoms with Crippen molar-refractivity contribution in [2.24, 2.45) is 0 Å². The lowest BCUT2D eigenvalue weighted by Crippen LogP contribution is -2.23. The van der Waals surface area contributed by atoms with Crippen molar-refractivity contribution in [2.75, 3.05) is 14.2 Å². The Kier molecular flexibility index (Phi) is 5.52. The van der Waals surface area contributed by atoms with Crippen molar-refractivity contribution in [3.05, 3.63) is 58.4 Å². The number of carbonyl (C=O) groups is 1. The highest BCUT2D eigenvalue weighted by atomic mass is 79.9. The summed E-state index contributed by atoms with van der Waals surface area (Å²) in [5.74, 6) is 1.53. The van der Waals surface area contributed by atoms with Crippen LogP contribution in [0.3, 0.4) is 0 Å². The van der Waals surface area contributed by atoms with Crippen LogP contribution in [-0.2, 0) is 6.54 Å². The fourth-order valence-corrected chi connectivity index (χ4v) is 2.67. The standard InChI is InChI=1S/C18H16BrN3O4/c1-24-14-7-12(8-15(9-14)25-2)18(23)20-10-16-21-17(22-26-16)11-4-3-5-13(19)6-11/h3-9H,10H2,1-2H3,(H,20,23). The van der Waals surface area contributed by atoms with Crippen molar-refractivity contribution in [1.82, 2.24) is 15.5 Å². The highest BCUT2D eigenvalue weighted by Gasteiger charge is 2.13. The van der Waals surface area contributed by atoms with E-state index in [9.17, 15) is 4.79 Å². The number of methoxy groups -OCH3 is 2. The van der Waals surface area contributed by atoms with Crippen LogP contribution in [-0.4, -0.2) is 30.3 Å². The smallest absolute Gasteiger partial charge is 0.251 e. The Morgan fingerprint density at radius 3 is 2.54 bits per heavy atom. The van der Waals surface area contributed by atoms with Gasteiger partial charge in [0.05, 0.1) is 20.8 Å². The molecule has 1 aromatic heterocycles. The van der Waals surface area contributed by atoms with E-state index in [0.717, 1.165) is 10.0 Å². The first-order chi connectivity index (χ1) is 12.6. The van der Waals surface area contributed by atoms with Crippen molar-refractivity contribution >= 4 is 21.8 Å². The maximum Gasteiger partial charge on any atom is 0.251 e. The van der Waals surface area contributed by atoms with E-state index in [-0.39, 0.29) is 12.5 Å². The van der Waals surface area contributed by atoms with E-state index in [1.165, 1.54) is 14.2 Å². The first kappa shape index (κ1) is 17.9. The zero-order valence-electron chi connectivity index (χ0n) is 14.2. The van der Waals surface area contributed by atoms with Crippen LogP contribution >= 0.6 is 15.9 Å². The molecule has 0 spiro atoms. The first-order valence-corrected chi connectivity index (χ1v) is 8.48. The molecular formula is C18H16BrN3O4. The molecule has 0 saturated heterocycles. The third-order valence-electron chi connectivity index (χ3n) is 3.56. The van der Waals surface area contributed by atoms with Crippen molar-refractivity contribution in [3.8, 4) is 22.9 Å². The molecule has 0 fully saturated rings. The van der Waals surface area contributed by atoms with Crippen molar-refractivity contribution in [3.63, 3.8) is 0 Å². The molecule has 0 aliphatic carbocycles. The summed E-state index contributed by atoms with van der Waals surface area (Å²) in [6, 6.07) is 12.5. The number of hydrogen-bond donors (Lipinski definition) is 1. The van der Waals surface area contributed by atoms with Gasteiger partial charge in [-0.2, -0.15) is 4.98 Å². The van der Waals surface area contributed by atoms with E-state index >= 15 is 0 Å². The maximum absolute atomic E-state index is 12.4. The van der Waals surface area contributed by atoms with Crippen LogP contribution in [0.15, 0.2) is 51.5 Å². The summed E-state index contributed by atoms with van der Waals surface area (Å²) in [6.45, 7) is 0.110. The Hall–Kier alpha value is -2.87. The van der Waals surface area contributed by atoms with Gasteiger partial charge in [0.2, 0.25) is 11.7 Å². The van der Waals surface area contributed by atoms with E-state index < -0.39 is 0 Å². The normalized spacial score (nSPS) is 10.4. The number of carbonyl (C=O) groups excluding carboxylic acids is 1. The molecule has 26 heavy (non-hydrogen) atoms. The molecular weight excluding hydrogens is 402 g/mol. The van der Waals surface area contributed by atoms with E-state index in [4.69, 9.17) is 14.0 Å². The number of amides is 1. The summed E-state index contributed by atoms with van der Waals surface area (Å²) in [5, 5.41) is 6.67. The van der Waals surface area contributed by atoms with Crippen LogP contribution in [0.4, 0.5) is 0 Å². The summed E-state index contributed by atoms with van der Waals surface area (Å²) in [7, 11) is 3.05. The molecule has 1 amide bonds. The number of benzene rings is 2. The van der Waals surface area contributed by atoms with E-state index in [1.807, 2.05) is 24.3 Å². The fraction of sp³-hybridized carbons (Fsp3) is 0.167. The maximum atomic E-state index is 12.4. The van der Waals surface area contributed by atoms with Crippen LogP contribution in [0.2, 0.25) is 0 Å². The Morgan fingerprint density at radius 1 is 1.15 bits per heavy atom. The van der Waals surface area contributed by atoms with Gasteiger partial charge in [-0.1, -0.05) is 33.2 Å². The van der Waals surface area contributed by atoms with Gasteiger partial charge in [-0.15, -0.1) is 0 Å². The van der Waals surface area contributed by atoms with Crippen molar-refractivity contribution in [1.29, 1.82) is 0 Å². The largest absolute Gasteiger partial charge is 0.497 e. The third kappa shape index (κ3) is 4.20. The second kappa shape index (κ2) is 8.01. The molecule has 0 radical (unpaired) electrons. The van der Waals surface area contributed by atoms with E-state index in [1.54, 1.807) is 18.2 Å². The minimum Gasteiger partial charge on any atom is -0.497 e. The average Bonchev–Trinajstić information content (AvgIpc) is 3.14. The average molecular weight is 418 g/mol. The molecule has 2 aromatic carbocycles. The molecule has 3 aromatic rings. The van der Waals surface area contributed by atoms with Crippen molar-refractivity contribution in [2.45, 2.75) is 6.54 Å². The molecule has 8 heteroatoms.